The van der Waals surface area contributed by atoms with Crippen LogP contribution >= 0.6 is 7.14 Å². The fourth-order valence-corrected chi connectivity index (χ4v) is 5.11. The number of hydrogen-bond acceptors (Lipinski definition) is 8. The van der Waals surface area contributed by atoms with Gasteiger partial charge in [-0.05, 0) is 61.7 Å². The van der Waals surface area contributed by atoms with Crippen molar-refractivity contribution in [2.45, 2.75) is 6.92 Å². The SMILES string of the molecule is C=C(C)C(=O)Nc1ccc(-c2c(-c3ccc(Oc4nccc(P(C)(C)=O)n4)c(F)c3)c3c(N)ncnc3n2C)cc1. The molecule has 0 unspecified atom stereocenters. The van der Waals surface area contributed by atoms with E-state index < -0.39 is 13.0 Å². The predicted octanol–water partition coefficient (Wildman–Crippen LogP) is 5.37. The Balaban J connectivity index is 1.58. The van der Waals surface area contributed by atoms with Crippen molar-refractivity contribution in [1.29, 1.82) is 0 Å². The number of ether oxygens (including phenoxy) is 1. The summed E-state index contributed by atoms with van der Waals surface area (Å²) in [7, 11) is -0.824. The fourth-order valence-electron chi connectivity index (χ4n) is 4.36. The van der Waals surface area contributed by atoms with E-state index in [9.17, 15) is 9.36 Å². The molecule has 3 N–H and O–H groups in total. The first-order valence-corrected chi connectivity index (χ1v) is 15.1. The van der Waals surface area contributed by atoms with E-state index in [0.717, 1.165) is 11.3 Å². The van der Waals surface area contributed by atoms with Crippen LogP contribution in [0.15, 0.2) is 73.2 Å². The molecule has 208 valence electrons. The van der Waals surface area contributed by atoms with Crippen LogP contribution in [0.5, 0.6) is 11.8 Å². The summed E-state index contributed by atoms with van der Waals surface area (Å²) < 4.78 is 35.4. The van der Waals surface area contributed by atoms with Gasteiger partial charge in [0.1, 0.15) is 30.4 Å². The van der Waals surface area contributed by atoms with E-state index in [1.165, 1.54) is 24.7 Å². The van der Waals surface area contributed by atoms with Crippen LogP contribution in [0.1, 0.15) is 6.92 Å². The van der Waals surface area contributed by atoms with Crippen LogP contribution in [0.2, 0.25) is 0 Å². The van der Waals surface area contributed by atoms with Gasteiger partial charge < -0.3 is 24.9 Å². The van der Waals surface area contributed by atoms with E-state index in [2.05, 4.69) is 31.8 Å². The van der Waals surface area contributed by atoms with Gasteiger partial charge in [-0.15, -0.1) is 0 Å². The van der Waals surface area contributed by atoms with Gasteiger partial charge in [0.25, 0.3) is 5.91 Å². The molecule has 3 aromatic heterocycles. The third kappa shape index (κ3) is 5.44. The van der Waals surface area contributed by atoms with E-state index in [1.54, 1.807) is 44.5 Å². The highest BCUT2D eigenvalue weighted by atomic mass is 31.2. The zero-order valence-electron chi connectivity index (χ0n) is 22.8. The maximum atomic E-state index is 15.5. The number of nitrogens with one attached hydrogen (secondary N) is 1. The second-order valence-corrected chi connectivity index (χ2v) is 13.0. The highest BCUT2D eigenvalue weighted by Crippen LogP contribution is 2.43. The van der Waals surface area contributed by atoms with E-state index in [0.29, 0.717) is 38.9 Å². The number of anilines is 2. The first kappa shape index (κ1) is 27.7. The molecule has 0 radical (unpaired) electrons. The minimum absolute atomic E-state index is 0.100. The Kier molecular flexibility index (Phi) is 7.15. The molecule has 0 aliphatic heterocycles. The van der Waals surface area contributed by atoms with Crippen molar-refractivity contribution in [3.63, 3.8) is 0 Å². The number of carbonyl (C=O) groups is 1. The molecule has 0 aliphatic carbocycles. The van der Waals surface area contributed by atoms with Crippen LogP contribution in [0.25, 0.3) is 33.4 Å². The average Bonchev–Trinajstić information content (AvgIpc) is 3.23. The smallest absolute Gasteiger partial charge is 0.322 e. The van der Waals surface area contributed by atoms with Gasteiger partial charge in [-0.2, -0.15) is 4.98 Å². The molecule has 0 saturated carbocycles. The Bertz CT molecular complexity index is 1880. The Morgan fingerprint density at radius 3 is 2.44 bits per heavy atom. The summed E-state index contributed by atoms with van der Waals surface area (Å²) in [5.74, 6) is -0.799. The molecule has 5 aromatic rings. The first-order chi connectivity index (χ1) is 19.4. The summed E-state index contributed by atoms with van der Waals surface area (Å²) in [6.07, 6.45) is 2.79. The average molecular weight is 572 g/mol. The lowest BCUT2D eigenvalue weighted by atomic mass is 9.98. The van der Waals surface area contributed by atoms with Gasteiger partial charge in [-0.25, -0.2) is 19.3 Å². The van der Waals surface area contributed by atoms with E-state index >= 15 is 4.39 Å². The van der Waals surface area contributed by atoms with Crippen molar-refractivity contribution in [3.8, 4) is 34.1 Å². The third-order valence-corrected chi connectivity index (χ3v) is 7.75. The Labute approximate surface area is 235 Å². The van der Waals surface area contributed by atoms with Gasteiger partial charge in [-0.3, -0.25) is 4.79 Å². The summed E-state index contributed by atoms with van der Waals surface area (Å²) >= 11 is 0. The number of carbonyl (C=O) groups excluding carboxylic acids is 1. The maximum Gasteiger partial charge on any atom is 0.322 e. The van der Waals surface area contributed by atoms with Gasteiger partial charge in [0, 0.05) is 30.1 Å². The number of halogens is 1. The van der Waals surface area contributed by atoms with Crippen molar-refractivity contribution in [1.82, 2.24) is 24.5 Å². The van der Waals surface area contributed by atoms with Crippen molar-refractivity contribution in [2.75, 3.05) is 24.4 Å². The quantitative estimate of drug-likeness (QED) is 0.197. The van der Waals surface area contributed by atoms with Gasteiger partial charge in [-0.1, -0.05) is 24.8 Å². The summed E-state index contributed by atoms with van der Waals surface area (Å²) in [6.45, 7) is 8.45. The van der Waals surface area contributed by atoms with Crippen molar-refractivity contribution < 1.29 is 18.5 Å². The normalized spacial score (nSPS) is 11.4. The number of nitrogens with two attached hydrogens (primary N) is 1. The largest absolute Gasteiger partial charge is 0.421 e. The number of fused-ring (bicyclic) bond motifs is 1. The summed E-state index contributed by atoms with van der Waals surface area (Å²) in [4.78, 5) is 28.8. The molecular formula is C29H27FN7O3P. The highest BCUT2D eigenvalue weighted by molar-refractivity contribution is 7.69. The Morgan fingerprint density at radius 1 is 1.07 bits per heavy atom. The van der Waals surface area contributed by atoms with E-state index in [4.69, 9.17) is 10.5 Å². The fraction of sp³-hybridized carbons (Fsp3) is 0.138. The standard InChI is InChI=1S/C29H27FN7O3P/c1-16(2)28(38)35-19-9-6-17(7-10-19)25-23(24-26(31)33-15-34-27(24)37(25)3)18-8-11-21(20(30)14-18)40-29-32-13-12-22(36-29)41(4,5)39/h6-15H,1H2,2-5H3,(H,35,38)(H2,31,33,34). The lowest BCUT2D eigenvalue weighted by Crippen LogP contribution is -2.11. The molecule has 3 heterocycles. The van der Waals surface area contributed by atoms with Crippen molar-refractivity contribution >= 4 is 41.0 Å². The molecule has 10 nitrogen and oxygen atoms in total. The molecule has 0 aliphatic rings. The summed E-state index contributed by atoms with van der Waals surface area (Å²) in [5, 5.41) is 3.35. The van der Waals surface area contributed by atoms with Gasteiger partial charge in [0.15, 0.2) is 11.6 Å². The lowest BCUT2D eigenvalue weighted by Gasteiger charge is -2.12. The van der Waals surface area contributed by atoms with E-state index in [1.807, 2.05) is 23.7 Å². The predicted molar refractivity (Wildman–Crippen MR) is 158 cm³/mol. The second kappa shape index (κ2) is 10.6. The molecule has 0 bridgehead atoms. The third-order valence-electron chi connectivity index (χ3n) is 6.39. The molecule has 0 fully saturated rings. The molecule has 12 heteroatoms. The second-order valence-electron chi connectivity index (χ2n) is 9.85. The molecule has 0 spiro atoms. The maximum absolute atomic E-state index is 15.5. The summed E-state index contributed by atoms with van der Waals surface area (Å²) in [6, 6.07) is 13.1. The molecule has 1 amide bonds. The minimum atomic E-state index is -2.66. The number of nitrogen functional groups attached to an aromatic ring is 1. The Morgan fingerprint density at radius 2 is 1.78 bits per heavy atom. The molecule has 2 aromatic carbocycles. The number of amides is 1. The molecule has 41 heavy (non-hydrogen) atoms. The lowest BCUT2D eigenvalue weighted by molar-refractivity contribution is -0.112. The molecule has 5 rings (SSSR count). The number of rotatable bonds is 7. The van der Waals surface area contributed by atoms with E-state index in [-0.39, 0.29) is 23.5 Å². The number of aryl methyl sites for hydroxylation is 1. The van der Waals surface area contributed by atoms with Crippen molar-refractivity contribution in [2.24, 2.45) is 7.05 Å². The summed E-state index contributed by atoms with van der Waals surface area (Å²) in [5.41, 5.74) is 10.8. The van der Waals surface area contributed by atoms with Crippen LogP contribution in [0.4, 0.5) is 15.9 Å². The van der Waals surface area contributed by atoms with Crippen LogP contribution in [0.3, 0.4) is 0 Å². The van der Waals surface area contributed by atoms with Crippen LogP contribution < -0.4 is 21.2 Å². The highest BCUT2D eigenvalue weighted by Gasteiger charge is 2.23. The molecule has 0 saturated heterocycles. The first-order valence-electron chi connectivity index (χ1n) is 12.5. The van der Waals surface area contributed by atoms with Crippen LogP contribution in [0, 0.1) is 5.82 Å². The van der Waals surface area contributed by atoms with Crippen LogP contribution in [-0.2, 0) is 16.4 Å². The van der Waals surface area contributed by atoms with Crippen LogP contribution in [-0.4, -0.2) is 43.7 Å². The monoisotopic (exact) mass is 571 g/mol. The number of aromatic nitrogens is 5. The van der Waals surface area contributed by atoms with Crippen molar-refractivity contribution in [3.05, 3.63) is 79.0 Å². The van der Waals surface area contributed by atoms with Gasteiger partial charge >= 0.3 is 6.01 Å². The number of hydrogen-bond donors (Lipinski definition) is 2. The van der Waals surface area contributed by atoms with Gasteiger partial charge in [0.2, 0.25) is 0 Å². The number of nitrogens with zero attached hydrogens (tertiary/aromatic N) is 5. The Hall–Kier alpha value is -4.89. The molecule has 0 atom stereocenters. The topological polar surface area (TPSA) is 138 Å². The minimum Gasteiger partial charge on any atom is -0.421 e. The zero-order valence-corrected chi connectivity index (χ0v) is 23.7. The van der Waals surface area contributed by atoms with Gasteiger partial charge in [0.05, 0.1) is 11.1 Å². The molecular weight excluding hydrogens is 544 g/mol. The zero-order chi connectivity index (χ0) is 29.5. The number of benzene rings is 2.